The van der Waals surface area contributed by atoms with Gasteiger partial charge in [-0.2, -0.15) is 9.37 Å². The summed E-state index contributed by atoms with van der Waals surface area (Å²) in [6.45, 7) is 7.64. The third kappa shape index (κ3) is 1.89. The van der Waals surface area contributed by atoms with Crippen molar-refractivity contribution in [2.75, 3.05) is 0 Å². The van der Waals surface area contributed by atoms with Crippen LogP contribution in [0.15, 0.2) is 6.07 Å². The summed E-state index contributed by atoms with van der Waals surface area (Å²) in [7, 11) is 0. The van der Waals surface area contributed by atoms with E-state index in [2.05, 4.69) is 15.0 Å². The predicted molar refractivity (Wildman–Crippen MR) is 54.7 cm³/mol. The van der Waals surface area contributed by atoms with Crippen molar-refractivity contribution in [1.29, 1.82) is 0 Å². The largest absolute Gasteiger partial charge is 0.341 e. The van der Waals surface area contributed by atoms with Crippen molar-refractivity contribution in [3.05, 3.63) is 23.4 Å². The fraction of sp³-hybridized carbons (Fsp3) is 0.400. The van der Waals surface area contributed by atoms with Gasteiger partial charge in [-0.15, -0.1) is 0 Å². The molecule has 0 unspecified atom stereocenters. The summed E-state index contributed by atoms with van der Waals surface area (Å²) in [5, 5.41) is 0. The van der Waals surface area contributed by atoms with Gasteiger partial charge in [0.15, 0.2) is 5.65 Å². The summed E-state index contributed by atoms with van der Waals surface area (Å²) < 4.78 is 12.7. The smallest absolute Gasteiger partial charge is 0.215 e. The summed E-state index contributed by atoms with van der Waals surface area (Å²) in [5.41, 5.74) is 2.09. The van der Waals surface area contributed by atoms with E-state index in [4.69, 9.17) is 0 Å². The third-order valence-electron chi connectivity index (χ3n) is 1.75. The first kappa shape index (κ1) is 10.6. The molecule has 0 bridgehead atoms. The maximum Gasteiger partial charge on any atom is 0.215 e. The first-order valence-corrected chi connectivity index (χ1v) is 4.66. The predicted octanol–water partition coefficient (Wildman–Crippen LogP) is 2.74. The Bertz CT molecular complexity index is 434. The number of aromatic nitrogens is 3. The Labute approximate surface area is 82.4 Å². The summed E-state index contributed by atoms with van der Waals surface area (Å²) in [4.78, 5) is 10.7. The van der Waals surface area contributed by atoms with E-state index in [1.165, 1.54) is 6.07 Å². The van der Waals surface area contributed by atoms with E-state index in [1.807, 2.05) is 27.7 Å². The molecule has 0 saturated carbocycles. The van der Waals surface area contributed by atoms with E-state index in [0.717, 1.165) is 16.9 Å². The minimum atomic E-state index is -0.480. The molecule has 0 aromatic carbocycles. The lowest BCUT2D eigenvalue weighted by Gasteiger charge is -1.92. The van der Waals surface area contributed by atoms with Crippen molar-refractivity contribution in [2.24, 2.45) is 0 Å². The molecular formula is C10H14FN3. The van der Waals surface area contributed by atoms with Crippen LogP contribution in [0.3, 0.4) is 0 Å². The van der Waals surface area contributed by atoms with Crippen LogP contribution >= 0.6 is 0 Å². The molecule has 0 aliphatic carbocycles. The molecule has 3 nitrogen and oxygen atoms in total. The zero-order chi connectivity index (χ0) is 10.7. The Kier molecular flexibility index (Phi) is 3.17. The van der Waals surface area contributed by atoms with Crippen molar-refractivity contribution in [2.45, 2.75) is 27.7 Å². The highest BCUT2D eigenvalue weighted by Crippen LogP contribution is 2.13. The minimum absolute atomic E-state index is 0.449. The lowest BCUT2D eigenvalue weighted by molar-refractivity contribution is 0.587. The zero-order valence-electron chi connectivity index (χ0n) is 8.85. The van der Waals surface area contributed by atoms with Gasteiger partial charge in [-0.1, -0.05) is 13.8 Å². The highest BCUT2D eigenvalue weighted by atomic mass is 19.1. The molecule has 0 fully saturated rings. The standard InChI is InChI=1S/C8H8FN3.C2H6/c1-4-3-6(9)12-8-7(4)10-5(2)11-8;1-2/h3H,1-2H3,(H,10,11,12);1-2H3. The Morgan fingerprint density at radius 3 is 2.50 bits per heavy atom. The topological polar surface area (TPSA) is 41.6 Å². The van der Waals surface area contributed by atoms with Crippen LogP contribution in [0, 0.1) is 19.8 Å². The second-order valence-electron chi connectivity index (χ2n) is 2.78. The van der Waals surface area contributed by atoms with Gasteiger partial charge in [0, 0.05) is 0 Å². The van der Waals surface area contributed by atoms with Gasteiger partial charge in [-0.05, 0) is 25.5 Å². The number of hydrogen-bond acceptors (Lipinski definition) is 2. The number of rotatable bonds is 0. The van der Waals surface area contributed by atoms with Crippen LogP contribution in [0.2, 0.25) is 0 Å². The molecule has 0 spiro atoms. The molecule has 0 atom stereocenters. The van der Waals surface area contributed by atoms with Gasteiger partial charge in [0.1, 0.15) is 5.82 Å². The van der Waals surface area contributed by atoms with Crippen molar-refractivity contribution in [3.8, 4) is 0 Å². The average molecular weight is 195 g/mol. The number of aromatic amines is 1. The van der Waals surface area contributed by atoms with E-state index < -0.39 is 5.95 Å². The van der Waals surface area contributed by atoms with E-state index in [-0.39, 0.29) is 0 Å². The number of aryl methyl sites for hydroxylation is 2. The maximum atomic E-state index is 12.7. The monoisotopic (exact) mass is 195 g/mol. The number of halogens is 1. The molecule has 0 aliphatic heterocycles. The SMILES string of the molecule is CC.Cc1nc2nc(F)cc(C)c2[nH]1. The van der Waals surface area contributed by atoms with Crippen molar-refractivity contribution < 1.29 is 4.39 Å². The second-order valence-corrected chi connectivity index (χ2v) is 2.78. The number of pyridine rings is 1. The summed E-state index contributed by atoms with van der Waals surface area (Å²) in [6, 6.07) is 1.39. The Morgan fingerprint density at radius 1 is 1.21 bits per heavy atom. The van der Waals surface area contributed by atoms with Crippen LogP contribution < -0.4 is 0 Å². The second kappa shape index (κ2) is 4.17. The van der Waals surface area contributed by atoms with Crippen molar-refractivity contribution in [3.63, 3.8) is 0 Å². The molecule has 2 aromatic rings. The average Bonchev–Trinajstić information content (AvgIpc) is 2.49. The van der Waals surface area contributed by atoms with Crippen LogP contribution in [0.4, 0.5) is 4.39 Å². The van der Waals surface area contributed by atoms with Crippen LogP contribution in [0.25, 0.3) is 11.2 Å². The molecule has 14 heavy (non-hydrogen) atoms. The van der Waals surface area contributed by atoms with Crippen molar-refractivity contribution in [1.82, 2.24) is 15.0 Å². The molecule has 0 amide bonds. The summed E-state index contributed by atoms with van der Waals surface area (Å²) in [6.07, 6.45) is 0. The Balaban J connectivity index is 0.000000461. The molecule has 0 radical (unpaired) electrons. The lowest BCUT2D eigenvalue weighted by Crippen LogP contribution is -1.86. The molecule has 76 valence electrons. The van der Waals surface area contributed by atoms with Crippen LogP contribution in [-0.4, -0.2) is 15.0 Å². The highest BCUT2D eigenvalue weighted by molar-refractivity contribution is 5.74. The first-order chi connectivity index (χ1) is 6.66. The fourth-order valence-corrected chi connectivity index (χ4v) is 1.22. The normalized spacial score (nSPS) is 9.79. The molecular weight excluding hydrogens is 181 g/mol. The molecule has 2 rings (SSSR count). The summed E-state index contributed by atoms with van der Waals surface area (Å²) >= 11 is 0. The molecule has 0 saturated heterocycles. The van der Waals surface area contributed by atoms with Gasteiger partial charge in [0.05, 0.1) is 5.52 Å². The third-order valence-corrected chi connectivity index (χ3v) is 1.75. The number of fused-ring (bicyclic) bond motifs is 1. The molecule has 4 heteroatoms. The number of nitrogens with one attached hydrogen (secondary N) is 1. The molecule has 1 N–H and O–H groups in total. The van der Waals surface area contributed by atoms with E-state index >= 15 is 0 Å². The van der Waals surface area contributed by atoms with Crippen molar-refractivity contribution >= 4 is 11.2 Å². The van der Waals surface area contributed by atoms with Gasteiger partial charge >= 0.3 is 0 Å². The fourth-order valence-electron chi connectivity index (χ4n) is 1.22. The Morgan fingerprint density at radius 2 is 1.86 bits per heavy atom. The van der Waals surface area contributed by atoms with Crippen LogP contribution in [-0.2, 0) is 0 Å². The maximum absolute atomic E-state index is 12.7. The Hall–Kier alpha value is -1.45. The van der Waals surface area contributed by atoms with Gasteiger partial charge in [0.25, 0.3) is 0 Å². The lowest BCUT2D eigenvalue weighted by atomic mass is 10.3. The van der Waals surface area contributed by atoms with Gasteiger partial charge in [-0.3, -0.25) is 0 Å². The zero-order valence-corrected chi connectivity index (χ0v) is 8.85. The van der Waals surface area contributed by atoms with Gasteiger partial charge in [-0.25, -0.2) is 4.98 Å². The summed E-state index contributed by atoms with van der Waals surface area (Å²) in [5.74, 6) is 0.276. The first-order valence-electron chi connectivity index (χ1n) is 4.66. The number of imidazole rings is 1. The molecule has 0 aliphatic rings. The minimum Gasteiger partial charge on any atom is -0.341 e. The van der Waals surface area contributed by atoms with Gasteiger partial charge in [0.2, 0.25) is 5.95 Å². The molecule has 2 heterocycles. The van der Waals surface area contributed by atoms with Crippen LogP contribution in [0.1, 0.15) is 25.2 Å². The van der Waals surface area contributed by atoms with Crippen LogP contribution in [0.5, 0.6) is 0 Å². The van der Waals surface area contributed by atoms with E-state index in [9.17, 15) is 4.39 Å². The van der Waals surface area contributed by atoms with E-state index in [1.54, 1.807) is 0 Å². The quantitative estimate of drug-likeness (QED) is 0.657. The highest BCUT2D eigenvalue weighted by Gasteiger charge is 2.05. The van der Waals surface area contributed by atoms with E-state index in [0.29, 0.717) is 5.65 Å². The van der Waals surface area contributed by atoms with Gasteiger partial charge < -0.3 is 4.98 Å². The molecule has 2 aromatic heterocycles. The number of H-pyrrole nitrogens is 1. The number of hydrogen-bond donors (Lipinski definition) is 1. The number of nitrogens with zero attached hydrogens (tertiary/aromatic N) is 2.